The molecule has 11 N–H and O–H groups in total. The standard InChI is InChI=1S/C21H25N11O8/c22-14-9-16(27-3-25-14)31(5-29-9)18-12(35)11(34)7(39-18)1-20(21(38,19(24)37)13(36)8(2-33)40-20)32-6-30-10-15(23)26-4-28-17(10)32/h3-8,11-13,18,33-36,38H,1-2H2,(H2,24,37)(H2,22,25,27)(H2,23,26,28)/t7-,8-,11-,12-,13-,18-,20-,21+/m1/s1. The number of nitrogens with zero attached hydrogens (tertiary/aromatic N) is 8. The van der Waals surface area contributed by atoms with Crippen molar-refractivity contribution in [3.05, 3.63) is 25.3 Å². The van der Waals surface area contributed by atoms with Crippen LogP contribution in [0.1, 0.15) is 12.6 Å². The summed E-state index contributed by atoms with van der Waals surface area (Å²) in [5.74, 6) is -1.38. The van der Waals surface area contributed by atoms with Gasteiger partial charge in [-0.1, -0.05) is 0 Å². The zero-order valence-corrected chi connectivity index (χ0v) is 20.5. The molecule has 0 aromatic carbocycles. The summed E-state index contributed by atoms with van der Waals surface area (Å²) < 4.78 is 14.4. The van der Waals surface area contributed by atoms with Crippen molar-refractivity contribution in [3.63, 3.8) is 0 Å². The number of nitrogen functional groups attached to an aromatic ring is 2. The van der Waals surface area contributed by atoms with Crippen LogP contribution in [0.2, 0.25) is 0 Å². The van der Waals surface area contributed by atoms with E-state index in [-0.39, 0.29) is 34.0 Å². The summed E-state index contributed by atoms with van der Waals surface area (Å²) in [6.07, 6.45) is -5.35. The minimum absolute atomic E-state index is 0.0321. The van der Waals surface area contributed by atoms with E-state index in [9.17, 15) is 30.3 Å². The number of imidazole rings is 2. The number of hydrogen-bond acceptors (Lipinski definition) is 16. The molecule has 40 heavy (non-hydrogen) atoms. The number of nitrogens with two attached hydrogens (primary N) is 3. The van der Waals surface area contributed by atoms with Gasteiger partial charge >= 0.3 is 0 Å². The number of ether oxygens (including phenoxy) is 2. The molecule has 0 radical (unpaired) electrons. The van der Waals surface area contributed by atoms with E-state index >= 15 is 0 Å². The SMILES string of the molecule is NC(=O)[C@@]1(O)[C@H](O)[C@@H](CO)O[C@@]1(C[C@H]1O[C@@H](n2cnc3c(N)ncnc32)[C@H](O)[C@@H]1O)n1cnc2c(N)ncnc21. The lowest BCUT2D eigenvalue weighted by atomic mass is 9.80. The van der Waals surface area contributed by atoms with E-state index < -0.39 is 67.0 Å². The van der Waals surface area contributed by atoms with Gasteiger partial charge in [-0.15, -0.1) is 0 Å². The van der Waals surface area contributed by atoms with Gasteiger partial charge in [-0.3, -0.25) is 13.9 Å². The number of carbonyl (C=O) groups is 1. The van der Waals surface area contributed by atoms with E-state index in [1.807, 2.05) is 0 Å². The molecule has 2 saturated heterocycles. The van der Waals surface area contributed by atoms with E-state index in [1.54, 1.807) is 0 Å². The van der Waals surface area contributed by atoms with Crippen molar-refractivity contribution in [2.45, 2.75) is 54.5 Å². The van der Waals surface area contributed by atoms with Crippen LogP contribution in [0, 0.1) is 0 Å². The van der Waals surface area contributed by atoms with Crippen molar-refractivity contribution in [1.29, 1.82) is 0 Å². The monoisotopic (exact) mass is 559 g/mol. The third kappa shape index (κ3) is 3.33. The second kappa shape index (κ2) is 8.96. The quantitative estimate of drug-likeness (QED) is 0.110. The van der Waals surface area contributed by atoms with Gasteiger partial charge in [0, 0.05) is 6.42 Å². The van der Waals surface area contributed by atoms with Crippen LogP contribution in [-0.2, 0) is 20.0 Å². The zero-order valence-electron chi connectivity index (χ0n) is 20.5. The Morgan fingerprint density at radius 3 is 2.20 bits per heavy atom. The Morgan fingerprint density at radius 2 is 1.55 bits per heavy atom. The normalized spacial score (nSPS) is 34.2. The molecule has 0 bridgehead atoms. The number of carbonyl (C=O) groups excluding carboxylic acids is 1. The predicted octanol–water partition coefficient (Wildman–Crippen LogP) is -4.54. The molecular weight excluding hydrogens is 534 g/mol. The first kappa shape index (κ1) is 26.1. The summed E-state index contributed by atoms with van der Waals surface area (Å²) in [6, 6.07) is 0. The summed E-state index contributed by atoms with van der Waals surface area (Å²) in [5.41, 5.74) is 12.5. The van der Waals surface area contributed by atoms with Crippen LogP contribution in [0.25, 0.3) is 22.3 Å². The number of hydrogen-bond donors (Lipinski definition) is 8. The molecule has 8 atom stereocenters. The summed E-state index contributed by atoms with van der Waals surface area (Å²) in [6.45, 7) is -0.830. The van der Waals surface area contributed by atoms with E-state index in [2.05, 4.69) is 29.9 Å². The number of fused-ring (bicyclic) bond motifs is 2. The highest BCUT2D eigenvalue weighted by Gasteiger charge is 2.71. The number of rotatable bonds is 6. The van der Waals surface area contributed by atoms with E-state index in [1.165, 1.54) is 17.2 Å². The average molecular weight is 560 g/mol. The van der Waals surface area contributed by atoms with Crippen molar-refractivity contribution in [1.82, 2.24) is 39.0 Å². The average Bonchev–Trinajstić information content (AvgIpc) is 3.67. The van der Waals surface area contributed by atoms with Crippen LogP contribution in [0.4, 0.5) is 11.6 Å². The molecule has 19 heteroatoms. The predicted molar refractivity (Wildman–Crippen MR) is 130 cm³/mol. The first-order valence-corrected chi connectivity index (χ1v) is 11.9. The Bertz CT molecular complexity index is 1610. The van der Waals surface area contributed by atoms with Crippen LogP contribution in [-0.4, -0.2) is 113 Å². The van der Waals surface area contributed by atoms with Crippen molar-refractivity contribution in [2.75, 3.05) is 18.1 Å². The Morgan fingerprint density at radius 1 is 0.925 bits per heavy atom. The van der Waals surface area contributed by atoms with Gasteiger partial charge in [-0.2, -0.15) is 0 Å². The van der Waals surface area contributed by atoms with E-state index in [0.717, 1.165) is 17.2 Å². The first-order chi connectivity index (χ1) is 19.0. The molecule has 0 saturated carbocycles. The van der Waals surface area contributed by atoms with Gasteiger partial charge in [0.15, 0.2) is 34.9 Å². The fourth-order valence-electron chi connectivity index (χ4n) is 5.50. The van der Waals surface area contributed by atoms with Gasteiger partial charge in [0.05, 0.1) is 25.4 Å². The number of primary amides is 1. The summed E-state index contributed by atoms with van der Waals surface area (Å²) >= 11 is 0. The van der Waals surface area contributed by atoms with Gasteiger partial charge in [0.25, 0.3) is 5.91 Å². The molecule has 19 nitrogen and oxygen atoms in total. The summed E-state index contributed by atoms with van der Waals surface area (Å²) in [5, 5.41) is 54.7. The molecule has 2 aliphatic rings. The Kier molecular flexibility index (Phi) is 5.85. The Hall–Kier alpha value is -4.11. The van der Waals surface area contributed by atoms with Crippen molar-refractivity contribution < 1.29 is 39.8 Å². The number of anilines is 2. The zero-order chi connectivity index (χ0) is 28.6. The molecule has 2 fully saturated rings. The minimum atomic E-state index is -2.93. The molecule has 4 aromatic heterocycles. The maximum Gasteiger partial charge on any atom is 0.257 e. The van der Waals surface area contributed by atoms with Crippen LogP contribution >= 0.6 is 0 Å². The van der Waals surface area contributed by atoms with Crippen LogP contribution < -0.4 is 17.2 Å². The summed E-state index contributed by atoms with van der Waals surface area (Å²) in [7, 11) is 0. The van der Waals surface area contributed by atoms with Crippen molar-refractivity contribution >= 4 is 39.9 Å². The van der Waals surface area contributed by atoms with E-state index in [4.69, 9.17) is 26.7 Å². The second-order valence-corrected chi connectivity index (χ2v) is 9.58. The van der Waals surface area contributed by atoms with Gasteiger partial charge in [-0.05, 0) is 0 Å². The molecule has 0 unspecified atom stereocenters. The van der Waals surface area contributed by atoms with Crippen LogP contribution in [0.5, 0.6) is 0 Å². The fraction of sp³-hybridized carbons (Fsp3) is 0.476. The largest absolute Gasteiger partial charge is 0.394 e. The number of aromatic nitrogens is 8. The Balaban J connectivity index is 1.48. The van der Waals surface area contributed by atoms with Gasteiger partial charge < -0.3 is 52.2 Å². The molecule has 0 spiro atoms. The maximum absolute atomic E-state index is 12.8. The third-order valence-electron chi connectivity index (χ3n) is 7.50. The highest BCUT2D eigenvalue weighted by atomic mass is 16.6. The molecular formula is C21H25N11O8. The van der Waals surface area contributed by atoms with Gasteiger partial charge in [0.2, 0.25) is 5.60 Å². The maximum atomic E-state index is 12.8. The molecule has 1 amide bonds. The summed E-state index contributed by atoms with van der Waals surface area (Å²) in [4.78, 5) is 37.1. The molecule has 6 rings (SSSR count). The van der Waals surface area contributed by atoms with Gasteiger partial charge in [-0.25, -0.2) is 29.9 Å². The fourth-order valence-corrected chi connectivity index (χ4v) is 5.50. The lowest BCUT2D eigenvalue weighted by Crippen LogP contribution is -2.66. The second-order valence-electron chi connectivity index (χ2n) is 9.58. The lowest BCUT2D eigenvalue weighted by Gasteiger charge is -2.42. The lowest BCUT2D eigenvalue weighted by molar-refractivity contribution is -0.215. The molecule has 6 heterocycles. The van der Waals surface area contributed by atoms with Crippen LogP contribution in [0.3, 0.4) is 0 Å². The third-order valence-corrected chi connectivity index (χ3v) is 7.50. The van der Waals surface area contributed by atoms with Crippen LogP contribution in [0.15, 0.2) is 25.3 Å². The molecule has 2 aliphatic heterocycles. The van der Waals surface area contributed by atoms with E-state index in [0.29, 0.717) is 0 Å². The molecule has 4 aromatic rings. The Labute approximate surface area is 222 Å². The highest BCUT2D eigenvalue weighted by molar-refractivity contribution is 5.87. The smallest absolute Gasteiger partial charge is 0.257 e. The minimum Gasteiger partial charge on any atom is -0.394 e. The topological polar surface area (TPSA) is 302 Å². The van der Waals surface area contributed by atoms with Gasteiger partial charge in [0.1, 0.15) is 48.1 Å². The molecule has 212 valence electrons. The highest BCUT2D eigenvalue weighted by Crippen LogP contribution is 2.50. The van der Waals surface area contributed by atoms with Crippen molar-refractivity contribution in [3.8, 4) is 0 Å². The van der Waals surface area contributed by atoms with Crippen molar-refractivity contribution in [2.24, 2.45) is 5.73 Å². The number of aliphatic hydroxyl groups excluding tert-OH is 4. The molecule has 0 aliphatic carbocycles. The number of aliphatic hydroxyl groups is 5. The first-order valence-electron chi connectivity index (χ1n) is 11.9. The number of amides is 1.